The summed E-state index contributed by atoms with van der Waals surface area (Å²) < 4.78 is 0. The van der Waals surface area contributed by atoms with Crippen LogP contribution in [0.15, 0.2) is 22.5 Å². The summed E-state index contributed by atoms with van der Waals surface area (Å²) in [5, 5.41) is 7.10. The minimum atomic E-state index is 0. The highest BCUT2D eigenvalue weighted by Crippen LogP contribution is 2.26. The molecule has 1 atom stereocenters. The van der Waals surface area contributed by atoms with E-state index in [1.807, 2.05) is 18.4 Å². The lowest BCUT2D eigenvalue weighted by Gasteiger charge is -2.37. The van der Waals surface area contributed by atoms with Crippen molar-refractivity contribution in [1.82, 2.24) is 15.1 Å². The maximum absolute atomic E-state index is 4.49. The number of anilines is 1. The Morgan fingerprint density at radius 3 is 2.62 bits per heavy atom. The standard InChI is InChI=1S/C17H29N5S.HI/c1-14(20(3)15-6-7-15)13-19-17(18-2)22-10-8-21(9-11-22)16-5-4-12-23-16;/h4-5,12,14-15H,6-11,13H2,1-3H3,(H,18,19);1H. The Kier molecular flexibility index (Phi) is 7.61. The van der Waals surface area contributed by atoms with E-state index in [1.165, 1.54) is 17.8 Å². The number of nitrogens with zero attached hydrogens (tertiary/aromatic N) is 4. The third-order valence-electron chi connectivity index (χ3n) is 4.98. The first-order valence-electron chi connectivity index (χ1n) is 8.65. The number of guanidine groups is 1. The van der Waals surface area contributed by atoms with Gasteiger partial charge in [-0.3, -0.25) is 9.89 Å². The van der Waals surface area contributed by atoms with E-state index in [9.17, 15) is 0 Å². The molecule has 2 aliphatic rings. The number of piperazine rings is 1. The van der Waals surface area contributed by atoms with Crippen LogP contribution in [-0.2, 0) is 0 Å². The van der Waals surface area contributed by atoms with E-state index in [2.05, 4.69) is 56.5 Å². The first kappa shape index (κ1) is 19.8. The van der Waals surface area contributed by atoms with Crippen molar-refractivity contribution in [3.05, 3.63) is 17.5 Å². The van der Waals surface area contributed by atoms with Crippen LogP contribution in [0.5, 0.6) is 0 Å². The summed E-state index contributed by atoms with van der Waals surface area (Å²) in [7, 11) is 4.13. The molecule has 0 radical (unpaired) electrons. The van der Waals surface area contributed by atoms with Crippen molar-refractivity contribution in [2.75, 3.05) is 51.7 Å². The van der Waals surface area contributed by atoms with Crippen LogP contribution in [0, 0.1) is 0 Å². The van der Waals surface area contributed by atoms with Gasteiger partial charge >= 0.3 is 0 Å². The number of thiophene rings is 1. The number of rotatable bonds is 5. The number of nitrogens with one attached hydrogen (secondary N) is 1. The molecule has 1 aliphatic heterocycles. The number of likely N-dealkylation sites (N-methyl/N-ethyl adjacent to an activating group) is 1. The van der Waals surface area contributed by atoms with Gasteiger partial charge in [-0.25, -0.2) is 0 Å². The fourth-order valence-corrected chi connectivity index (χ4v) is 3.93. The normalized spacial score (nSPS) is 20.1. The number of aliphatic imine (C=N–C) groups is 1. The molecule has 0 amide bonds. The number of hydrogen-bond acceptors (Lipinski definition) is 4. The van der Waals surface area contributed by atoms with Crippen LogP contribution in [0.4, 0.5) is 5.00 Å². The second-order valence-corrected chi connectivity index (χ2v) is 7.53. The predicted molar refractivity (Wildman–Crippen MR) is 115 cm³/mol. The molecule has 1 aromatic rings. The Hall–Kier alpha value is -0.540. The number of hydrogen-bond donors (Lipinski definition) is 1. The summed E-state index contributed by atoms with van der Waals surface area (Å²) >= 11 is 1.83. The van der Waals surface area contributed by atoms with Gasteiger partial charge in [-0.2, -0.15) is 0 Å². The van der Waals surface area contributed by atoms with Gasteiger partial charge in [0, 0.05) is 51.9 Å². The largest absolute Gasteiger partial charge is 0.360 e. The Morgan fingerprint density at radius 1 is 1.38 bits per heavy atom. The third kappa shape index (κ3) is 4.98. The van der Waals surface area contributed by atoms with Crippen LogP contribution >= 0.6 is 35.3 Å². The van der Waals surface area contributed by atoms with Crippen molar-refractivity contribution in [3.8, 4) is 0 Å². The van der Waals surface area contributed by atoms with E-state index in [0.717, 1.165) is 44.7 Å². The molecule has 1 N–H and O–H groups in total. The summed E-state index contributed by atoms with van der Waals surface area (Å²) in [6.07, 6.45) is 2.72. The van der Waals surface area contributed by atoms with Crippen LogP contribution in [0.3, 0.4) is 0 Å². The lowest BCUT2D eigenvalue weighted by atomic mass is 10.3. The van der Waals surface area contributed by atoms with E-state index < -0.39 is 0 Å². The topological polar surface area (TPSA) is 34.1 Å². The quantitative estimate of drug-likeness (QED) is 0.414. The van der Waals surface area contributed by atoms with Gasteiger partial charge in [-0.15, -0.1) is 35.3 Å². The lowest BCUT2D eigenvalue weighted by molar-refractivity contribution is 0.245. The fraction of sp³-hybridized carbons (Fsp3) is 0.706. The van der Waals surface area contributed by atoms with Crippen LogP contribution in [0.25, 0.3) is 0 Å². The van der Waals surface area contributed by atoms with E-state index in [-0.39, 0.29) is 24.0 Å². The summed E-state index contributed by atoms with van der Waals surface area (Å²) in [6.45, 7) is 7.46. The van der Waals surface area contributed by atoms with Gasteiger partial charge in [0.15, 0.2) is 5.96 Å². The molecule has 1 saturated carbocycles. The summed E-state index contributed by atoms with van der Waals surface area (Å²) in [4.78, 5) is 11.8. The van der Waals surface area contributed by atoms with Crippen LogP contribution in [0.2, 0.25) is 0 Å². The molecule has 1 unspecified atom stereocenters. The molecule has 136 valence electrons. The van der Waals surface area contributed by atoms with Crippen molar-refractivity contribution in [3.63, 3.8) is 0 Å². The minimum Gasteiger partial charge on any atom is -0.360 e. The highest BCUT2D eigenvalue weighted by atomic mass is 127. The van der Waals surface area contributed by atoms with E-state index in [0.29, 0.717) is 6.04 Å². The van der Waals surface area contributed by atoms with Gasteiger partial charge in [-0.1, -0.05) is 0 Å². The molecule has 1 saturated heterocycles. The predicted octanol–water partition coefficient (Wildman–Crippen LogP) is 2.55. The first-order chi connectivity index (χ1) is 11.2. The first-order valence-corrected chi connectivity index (χ1v) is 9.53. The van der Waals surface area contributed by atoms with Crippen molar-refractivity contribution in [1.29, 1.82) is 0 Å². The van der Waals surface area contributed by atoms with Crippen molar-refractivity contribution in [2.45, 2.75) is 31.8 Å². The Labute approximate surface area is 167 Å². The zero-order chi connectivity index (χ0) is 16.2. The minimum absolute atomic E-state index is 0. The number of halogens is 1. The second-order valence-electron chi connectivity index (χ2n) is 6.60. The highest BCUT2D eigenvalue weighted by Gasteiger charge is 2.29. The van der Waals surface area contributed by atoms with E-state index in [4.69, 9.17) is 0 Å². The maximum Gasteiger partial charge on any atom is 0.193 e. The summed E-state index contributed by atoms with van der Waals surface area (Å²) in [6, 6.07) is 5.70. The average Bonchev–Trinajstić information content (AvgIpc) is 3.29. The Balaban J connectivity index is 0.00000208. The van der Waals surface area contributed by atoms with Crippen LogP contribution in [-0.4, -0.2) is 74.7 Å². The third-order valence-corrected chi connectivity index (χ3v) is 5.91. The Bertz CT molecular complexity index is 509. The maximum atomic E-state index is 4.49. The molecule has 5 nitrogen and oxygen atoms in total. The SMILES string of the molecule is CN=C(NCC(C)N(C)C1CC1)N1CCN(c2cccs2)CC1.I. The van der Waals surface area contributed by atoms with Crippen molar-refractivity contribution < 1.29 is 0 Å². The molecule has 3 rings (SSSR count). The van der Waals surface area contributed by atoms with Gasteiger partial charge < -0.3 is 15.1 Å². The van der Waals surface area contributed by atoms with Crippen molar-refractivity contribution >= 4 is 46.3 Å². The van der Waals surface area contributed by atoms with Gasteiger partial charge in [0.1, 0.15) is 0 Å². The fourth-order valence-electron chi connectivity index (χ4n) is 3.15. The van der Waals surface area contributed by atoms with E-state index in [1.54, 1.807) is 0 Å². The molecule has 0 bridgehead atoms. The smallest absolute Gasteiger partial charge is 0.193 e. The zero-order valence-electron chi connectivity index (χ0n) is 14.9. The molecule has 7 heteroatoms. The van der Waals surface area contributed by atoms with Crippen LogP contribution < -0.4 is 10.2 Å². The molecule has 24 heavy (non-hydrogen) atoms. The molecule has 1 aromatic heterocycles. The monoisotopic (exact) mass is 463 g/mol. The molecular weight excluding hydrogens is 433 g/mol. The lowest BCUT2D eigenvalue weighted by Crippen LogP contribution is -2.54. The highest BCUT2D eigenvalue weighted by molar-refractivity contribution is 14.0. The summed E-state index contributed by atoms with van der Waals surface area (Å²) in [5.74, 6) is 1.05. The average molecular weight is 463 g/mol. The van der Waals surface area contributed by atoms with E-state index >= 15 is 0 Å². The van der Waals surface area contributed by atoms with Gasteiger partial charge in [0.25, 0.3) is 0 Å². The second kappa shape index (κ2) is 9.24. The van der Waals surface area contributed by atoms with Crippen molar-refractivity contribution in [2.24, 2.45) is 4.99 Å². The molecule has 0 aromatic carbocycles. The molecular formula is C17H30IN5S. The Morgan fingerprint density at radius 2 is 2.08 bits per heavy atom. The van der Waals surface area contributed by atoms with Gasteiger partial charge in [0.05, 0.1) is 5.00 Å². The molecule has 2 fully saturated rings. The molecule has 0 spiro atoms. The molecule has 2 heterocycles. The molecule has 1 aliphatic carbocycles. The summed E-state index contributed by atoms with van der Waals surface area (Å²) in [5.41, 5.74) is 0. The van der Waals surface area contributed by atoms with Crippen LogP contribution in [0.1, 0.15) is 19.8 Å². The zero-order valence-corrected chi connectivity index (χ0v) is 18.1. The van der Waals surface area contributed by atoms with Gasteiger partial charge in [0.2, 0.25) is 0 Å². The van der Waals surface area contributed by atoms with Gasteiger partial charge in [-0.05, 0) is 44.3 Å².